The van der Waals surface area contributed by atoms with Crippen LogP contribution >= 0.6 is 11.8 Å². The van der Waals surface area contributed by atoms with Gasteiger partial charge in [-0.1, -0.05) is 0 Å². The first-order chi connectivity index (χ1) is 12.7. The predicted molar refractivity (Wildman–Crippen MR) is 94.9 cm³/mol. The van der Waals surface area contributed by atoms with Crippen molar-refractivity contribution in [3.05, 3.63) is 11.3 Å². The van der Waals surface area contributed by atoms with E-state index in [9.17, 15) is 24.6 Å². The van der Waals surface area contributed by atoms with Gasteiger partial charge in [-0.15, -0.1) is 11.8 Å². The van der Waals surface area contributed by atoms with Crippen molar-refractivity contribution in [2.75, 3.05) is 18.9 Å². The van der Waals surface area contributed by atoms with Gasteiger partial charge in [0.25, 0.3) is 0 Å². The van der Waals surface area contributed by atoms with Crippen molar-refractivity contribution in [2.24, 2.45) is 10.7 Å². The Morgan fingerprint density at radius 3 is 2.68 bits per heavy atom. The number of rotatable bonds is 9. The van der Waals surface area contributed by atoms with E-state index in [2.05, 4.69) is 4.99 Å². The second-order valence-corrected chi connectivity index (χ2v) is 7.42. The number of ether oxygens (including phenoxy) is 1. The molecule has 1 fully saturated rings. The van der Waals surface area contributed by atoms with E-state index in [-0.39, 0.29) is 72.0 Å². The van der Waals surface area contributed by atoms with Crippen LogP contribution in [0.5, 0.6) is 0 Å². The zero-order valence-electron chi connectivity index (χ0n) is 15.8. The average molecular weight is 423 g/mol. The summed E-state index contributed by atoms with van der Waals surface area (Å²) in [5.74, 6) is -2.66. The molecule has 0 spiro atoms. The maximum atomic E-state index is 12.0. The van der Waals surface area contributed by atoms with Crippen LogP contribution in [-0.2, 0) is 19.1 Å². The minimum atomic E-state index is -1.11. The number of carbonyl (C=O) groups is 3. The number of hydrogen-bond acceptors (Lipinski definition) is 9. The molecule has 0 aromatic heterocycles. The van der Waals surface area contributed by atoms with Gasteiger partial charge in [-0.25, -0.2) is 4.79 Å². The van der Waals surface area contributed by atoms with Crippen LogP contribution in [0.2, 0.25) is 0 Å². The monoisotopic (exact) mass is 423 g/mol. The minimum absolute atomic E-state index is 0. The molecular formula is C16H22N3NaO7S. The molecule has 0 amide bonds. The fourth-order valence-corrected chi connectivity index (χ4v) is 4.20. The third kappa shape index (κ3) is 6.38. The Hall–Kier alpha value is -1.27. The number of carboxylic acids is 2. The molecule has 4 N–H and O–H groups in total. The molecule has 150 valence electrons. The molecule has 0 aromatic carbocycles. The summed E-state index contributed by atoms with van der Waals surface area (Å²) in [5.41, 5.74) is 6.01. The second-order valence-electron chi connectivity index (χ2n) is 6.32. The second kappa shape index (κ2) is 11.1. The van der Waals surface area contributed by atoms with Gasteiger partial charge in [0.1, 0.15) is 18.3 Å². The van der Waals surface area contributed by atoms with Gasteiger partial charge < -0.3 is 30.7 Å². The number of aliphatic imine (C=N–C) groups is 1. The molecule has 2 aliphatic rings. The summed E-state index contributed by atoms with van der Waals surface area (Å²) in [4.78, 5) is 38.9. The van der Waals surface area contributed by atoms with Gasteiger partial charge in [0.2, 0.25) is 0 Å². The van der Waals surface area contributed by atoms with Gasteiger partial charge in [-0.2, -0.15) is 0 Å². The SMILES string of the molecule is CC(=O)OCC1=C(C(=O)O)N2CC(N=C([O-])CCCC(N)C(=O)O)[C@H]2SC1.[Na+]. The zero-order valence-corrected chi connectivity index (χ0v) is 18.6. The third-order valence-corrected chi connectivity index (χ3v) is 5.68. The molecular weight excluding hydrogens is 401 g/mol. The van der Waals surface area contributed by atoms with Crippen LogP contribution in [0, 0.1) is 0 Å². The molecule has 0 saturated carbocycles. The van der Waals surface area contributed by atoms with Crippen LogP contribution < -0.4 is 40.4 Å². The summed E-state index contributed by atoms with van der Waals surface area (Å²) in [6.45, 7) is 1.48. The molecule has 10 nitrogen and oxygen atoms in total. The fourth-order valence-electron chi connectivity index (χ4n) is 2.87. The molecule has 0 bridgehead atoms. The Kier molecular flexibility index (Phi) is 9.78. The summed E-state index contributed by atoms with van der Waals surface area (Å²) in [6.07, 6.45) is 0.627. The van der Waals surface area contributed by atoms with E-state index in [4.69, 9.17) is 15.6 Å². The van der Waals surface area contributed by atoms with Crippen molar-refractivity contribution in [1.82, 2.24) is 4.90 Å². The molecule has 28 heavy (non-hydrogen) atoms. The summed E-state index contributed by atoms with van der Waals surface area (Å²) in [7, 11) is 0. The standard InChI is InChI=1S/C16H23N3O7S.Na/c1-8(20)26-6-9-7-27-14-11(5-19(14)13(9)16(24)25)18-12(21)4-2-3-10(17)15(22)23;/h10-11,14H,2-7,17H2,1H3,(H,18,21)(H,22,23)(H,24,25);/q;+1/p-1/t10?,11?,14-;/m1./s1. The molecule has 1 saturated heterocycles. The van der Waals surface area contributed by atoms with E-state index in [0.717, 1.165) is 0 Å². The van der Waals surface area contributed by atoms with Crippen molar-refractivity contribution in [2.45, 2.75) is 43.6 Å². The van der Waals surface area contributed by atoms with Crippen molar-refractivity contribution in [3.63, 3.8) is 0 Å². The van der Waals surface area contributed by atoms with Gasteiger partial charge in [-0.3, -0.25) is 14.6 Å². The number of hydrogen-bond donors (Lipinski definition) is 3. The van der Waals surface area contributed by atoms with E-state index < -0.39 is 23.9 Å². The third-order valence-electron chi connectivity index (χ3n) is 4.26. The van der Waals surface area contributed by atoms with E-state index >= 15 is 0 Å². The Labute approximate surface area is 188 Å². The number of aliphatic carboxylic acids is 2. The van der Waals surface area contributed by atoms with E-state index in [0.29, 0.717) is 24.3 Å². The normalized spacial score (nSPS) is 22.5. The number of nitrogens with zero attached hydrogens (tertiary/aromatic N) is 2. The molecule has 0 radical (unpaired) electrons. The van der Waals surface area contributed by atoms with Crippen LogP contribution in [-0.4, -0.2) is 75.3 Å². The quantitative estimate of drug-likeness (QED) is 0.144. The Morgan fingerprint density at radius 2 is 2.11 bits per heavy atom. The van der Waals surface area contributed by atoms with Crippen LogP contribution in [0.4, 0.5) is 0 Å². The molecule has 0 aliphatic carbocycles. The number of carboxylic acid groups (broad SMARTS) is 2. The topological polar surface area (TPSA) is 166 Å². The van der Waals surface area contributed by atoms with Gasteiger partial charge in [0.15, 0.2) is 0 Å². The Morgan fingerprint density at radius 1 is 1.43 bits per heavy atom. The minimum Gasteiger partial charge on any atom is -0.862 e. The molecule has 12 heteroatoms. The van der Waals surface area contributed by atoms with Crippen molar-refractivity contribution < 1.29 is 64.0 Å². The number of nitrogens with two attached hydrogens (primary N) is 1. The number of fused-ring (bicyclic) bond motifs is 1. The van der Waals surface area contributed by atoms with E-state index in [1.165, 1.54) is 18.7 Å². The molecule has 3 atom stereocenters. The van der Waals surface area contributed by atoms with Gasteiger partial charge in [0.05, 0.1) is 11.4 Å². The molecule has 2 rings (SSSR count). The average Bonchev–Trinajstić information content (AvgIpc) is 2.56. The summed E-state index contributed by atoms with van der Waals surface area (Å²) >= 11 is 1.45. The van der Waals surface area contributed by atoms with E-state index in [1.807, 2.05) is 0 Å². The van der Waals surface area contributed by atoms with Gasteiger partial charge in [0, 0.05) is 24.8 Å². The fraction of sp³-hybridized carbons (Fsp3) is 0.625. The first-order valence-electron chi connectivity index (χ1n) is 8.39. The Bertz CT molecular complexity index is 685. The summed E-state index contributed by atoms with van der Waals surface area (Å²) < 4.78 is 4.91. The first kappa shape index (κ1) is 24.8. The van der Waals surface area contributed by atoms with Crippen LogP contribution in [0.15, 0.2) is 16.3 Å². The van der Waals surface area contributed by atoms with Crippen LogP contribution in [0.3, 0.4) is 0 Å². The summed E-state index contributed by atoms with van der Waals surface area (Å²) in [6, 6.07) is -1.31. The number of carbonyl (C=O) groups excluding carboxylic acids is 1. The van der Waals surface area contributed by atoms with Crippen LogP contribution in [0.25, 0.3) is 0 Å². The van der Waals surface area contributed by atoms with Crippen molar-refractivity contribution in [1.29, 1.82) is 0 Å². The largest absolute Gasteiger partial charge is 1.00 e. The van der Waals surface area contributed by atoms with Gasteiger partial charge in [-0.05, 0) is 25.2 Å². The van der Waals surface area contributed by atoms with Crippen LogP contribution in [0.1, 0.15) is 26.2 Å². The van der Waals surface area contributed by atoms with Gasteiger partial charge >= 0.3 is 47.5 Å². The maximum Gasteiger partial charge on any atom is 1.00 e. The molecule has 0 aromatic rings. The maximum absolute atomic E-state index is 12.0. The zero-order chi connectivity index (χ0) is 20.1. The predicted octanol–water partition coefficient (Wildman–Crippen LogP) is -4.01. The smallest absolute Gasteiger partial charge is 0.862 e. The molecule has 2 unspecified atom stereocenters. The van der Waals surface area contributed by atoms with Crippen molar-refractivity contribution >= 4 is 35.6 Å². The molecule has 2 heterocycles. The number of esters is 1. The first-order valence-corrected chi connectivity index (χ1v) is 9.44. The number of thioether (sulfide) groups is 1. The van der Waals surface area contributed by atoms with Crippen molar-refractivity contribution in [3.8, 4) is 0 Å². The van der Waals surface area contributed by atoms with E-state index in [1.54, 1.807) is 4.90 Å². The Balaban J connectivity index is 0.00000392. The summed E-state index contributed by atoms with van der Waals surface area (Å²) in [5, 5.41) is 29.9. The molecule has 2 aliphatic heterocycles.